The Kier molecular flexibility index (Phi) is 4.36. The Morgan fingerprint density at radius 2 is 1.65 bits per heavy atom. The van der Waals surface area contributed by atoms with Crippen molar-refractivity contribution in [3.05, 3.63) is 24.3 Å². The van der Waals surface area contributed by atoms with Gasteiger partial charge >= 0.3 is 6.36 Å². The predicted molar refractivity (Wildman–Crippen MR) is 64.4 cm³/mol. The number of hydrogen-bond donors (Lipinski definition) is 0. The van der Waals surface area contributed by atoms with E-state index in [-0.39, 0.29) is 18.3 Å². The highest BCUT2D eigenvalue weighted by atomic mass is 19.4. The first kappa shape index (κ1) is 14.5. The lowest BCUT2D eigenvalue weighted by molar-refractivity contribution is -0.274. The number of likely N-dealkylation sites (tertiary alicyclic amines) is 1. The lowest BCUT2D eigenvalue weighted by atomic mass is 10.3. The summed E-state index contributed by atoms with van der Waals surface area (Å²) < 4.78 is 44.9. The van der Waals surface area contributed by atoms with Crippen LogP contribution in [0.1, 0.15) is 12.8 Å². The molecule has 0 aromatic heterocycles. The number of halogens is 3. The van der Waals surface area contributed by atoms with Crippen LogP contribution < -0.4 is 9.47 Å². The summed E-state index contributed by atoms with van der Waals surface area (Å²) in [6.07, 6.45) is -2.72. The molecule has 1 aliphatic heterocycles. The van der Waals surface area contributed by atoms with Crippen LogP contribution in [0.5, 0.6) is 11.5 Å². The second kappa shape index (κ2) is 6.02. The minimum Gasteiger partial charge on any atom is -0.484 e. The summed E-state index contributed by atoms with van der Waals surface area (Å²) in [4.78, 5) is 13.4. The van der Waals surface area contributed by atoms with Crippen molar-refractivity contribution in [2.24, 2.45) is 0 Å². The van der Waals surface area contributed by atoms with Crippen LogP contribution in [0.25, 0.3) is 0 Å². The van der Waals surface area contributed by atoms with E-state index in [0.717, 1.165) is 38.1 Å². The van der Waals surface area contributed by atoms with Gasteiger partial charge in [0.15, 0.2) is 6.61 Å². The molecule has 110 valence electrons. The largest absolute Gasteiger partial charge is 0.573 e. The molecule has 0 unspecified atom stereocenters. The number of carbonyl (C=O) groups excluding carboxylic acids is 1. The van der Waals surface area contributed by atoms with Crippen LogP contribution in [0.2, 0.25) is 0 Å². The fraction of sp³-hybridized carbons (Fsp3) is 0.462. The zero-order valence-electron chi connectivity index (χ0n) is 10.7. The molecular weight excluding hydrogens is 275 g/mol. The first-order valence-electron chi connectivity index (χ1n) is 6.20. The van der Waals surface area contributed by atoms with E-state index in [1.807, 2.05) is 0 Å². The van der Waals surface area contributed by atoms with Crippen LogP contribution in [0, 0.1) is 0 Å². The van der Waals surface area contributed by atoms with Gasteiger partial charge in [0.05, 0.1) is 0 Å². The summed E-state index contributed by atoms with van der Waals surface area (Å²) in [5.74, 6) is -0.110. The molecule has 0 N–H and O–H groups in total. The number of benzene rings is 1. The van der Waals surface area contributed by atoms with Crippen molar-refractivity contribution in [3.63, 3.8) is 0 Å². The van der Waals surface area contributed by atoms with Crippen molar-refractivity contribution in [1.29, 1.82) is 0 Å². The normalized spacial score (nSPS) is 15.2. The van der Waals surface area contributed by atoms with Crippen molar-refractivity contribution in [3.8, 4) is 11.5 Å². The molecular formula is C13H14F3NO3. The summed E-state index contributed by atoms with van der Waals surface area (Å²) in [6.45, 7) is 1.36. The third-order valence-electron chi connectivity index (χ3n) is 2.88. The van der Waals surface area contributed by atoms with E-state index >= 15 is 0 Å². The van der Waals surface area contributed by atoms with Gasteiger partial charge in [-0.05, 0) is 37.1 Å². The monoisotopic (exact) mass is 289 g/mol. The molecule has 0 atom stereocenters. The van der Waals surface area contributed by atoms with Crippen molar-refractivity contribution in [2.75, 3.05) is 19.7 Å². The number of ether oxygens (including phenoxy) is 2. The average molecular weight is 289 g/mol. The van der Waals surface area contributed by atoms with E-state index in [4.69, 9.17) is 4.74 Å². The number of amides is 1. The maximum Gasteiger partial charge on any atom is 0.573 e. The molecule has 7 heteroatoms. The van der Waals surface area contributed by atoms with Gasteiger partial charge in [0.25, 0.3) is 5.91 Å². The van der Waals surface area contributed by atoms with Crippen molar-refractivity contribution in [1.82, 2.24) is 4.90 Å². The lowest BCUT2D eigenvalue weighted by Crippen LogP contribution is -2.32. The summed E-state index contributed by atoms with van der Waals surface area (Å²) in [5, 5.41) is 0. The lowest BCUT2D eigenvalue weighted by Gasteiger charge is -2.15. The zero-order chi connectivity index (χ0) is 14.6. The molecule has 1 aromatic carbocycles. The minimum atomic E-state index is -4.71. The molecule has 0 bridgehead atoms. The van der Waals surface area contributed by atoms with Crippen LogP contribution in [0.15, 0.2) is 24.3 Å². The first-order valence-corrected chi connectivity index (χ1v) is 6.20. The summed E-state index contributed by atoms with van der Waals surface area (Å²) in [7, 11) is 0. The van der Waals surface area contributed by atoms with Crippen molar-refractivity contribution >= 4 is 5.91 Å². The Morgan fingerprint density at radius 3 is 2.20 bits per heavy atom. The summed E-state index contributed by atoms with van der Waals surface area (Å²) in [5.41, 5.74) is 0. The number of hydrogen-bond acceptors (Lipinski definition) is 3. The molecule has 1 heterocycles. The molecule has 0 spiro atoms. The van der Waals surface area contributed by atoms with E-state index in [1.165, 1.54) is 12.1 Å². The summed E-state index contributed by atoms with van der Waals surface area (Å²) >= 11 is 0. The molecule has 0 radical (unpaired) electrons. The van der Waals surface area contributed by atoms with E-state index in [1.54, 1.807) is 4.90 Å². The first-order chi connectivity index (χ1) is 9.44. The third kappa shape index (κ3) is 4.32. The standard InChI is InChI=1S/C13H14F3NO3/c14-13(15,16)20-11-5-3-10(4-6-11)19-9-12(18)17-7-1-2-8-17/h3-6H,1-2,7-9H2. The van der Waals surface area contributed by atoms with Gasteiger partial charge in [-0.1, -0.05) is 0 Å². The number of nitrogens with zero attached hydrogens (tertiary/aromatic N) is 1. The zero-order valence-corrected chi connectivity index (χ0v) is 10.7. The van der Waals surface area contributed by atoms with Crippen LogP contribution in [0.3, 0.4) is 0 Å². The second-order valence-corrected chi connectivity index (χ2v) is 4.40. The van der Waals surface area contributed by atoms with Gasteiger partial charge in [-0.3, -0.25) is 4.79 Å². The average Bonchev–Trinajstić information content (AvgIpc) is 2.89. The molecule has 1 aromatic rings. The molecule has 1 fully saturated rings. The molecule has 1 amide bonds. The van der Waals surface area contributed by atoms with E-state index in [9.17, 15) is 18.0 Å². The topological polar surface area (TPSA) is 38.8 Å². The Balaban J connectivity index is 1.83. The highest BCUT2D eigenvalue weighted by Gasteiger charge is 2.31. The molecule has 0 saturated carbocycles. The fourth-order valence-corrected chi connectivity index (χ4v) is 1.94. The predicted octanol–water partition coefficient (Wildman–Crippen LogP) is 2.59. The Hall–Kier alpha value is -1.92. The van der Waals surface area contributed by atoms with E-state index < -0.39 is 6.36 Å². The maximum atomic E-state index is 12.0. The summed E-state index contributed by atoms with van der Waals surface area (Å²) in [6, 6.07) is 4.95. The Bertz CT molecular complexity index is 453. The number of carbonyl (C=O) groups is 1. The molecule has 20 heavy (non-hydrogen) atoms. The van der Waals surface area contributed by atoms with Gasteiger partial charge in [-0.2, -0.15) is 0 Å². The van der Waals surface area contributed by atoms with Gasteiger partial charge in [-0.25, -0.2) is 0 Å². The smallest absolute Gasteiger partial charge is 0.484 e. The van der Waals surface area contributed by atoms with Gasteiger partial charge in [0.2, 0.25) is 0 Å². The molecule has 1 saturated heterocycles. The fourth-order valence-electron chi connectivity index (χ4n) is 1.94. The van der Waals surface area contributed by atoms with Gasteiger partial charge in [-0.15, -0.1) is 13.2 Å². The highest BCUT2D eigenvalue weighted by Crippen LogP contribution is 2.24. The molecule has 2 rings (SSSR count). The van der Waals surface area contributed by atoms with E-state index in [2.05, 4.69) is 4.74 Å². The van der Waals surface area contributed by atoms with Gasteiger partial charge in [0.1, 0.15) is 11.5 Å². The Labute approximate surface area is 114 Å². The second-order valence-electron chi connectivity index (χ2n) is 4.40. The maximum absolute atomic E-state index is 12.0. The quantitative estimate of drug-likeness (QED) is 0.855. The van der Waals surface area contributed by atoms with Crippen molar-refractivity contribution < 1.29 is 27.4 Å². The molecule has 1 aliphatic rings. The number of rotatable bonds is 4. The van der Waals surface area contributed by atoms with Gasteiger partial charge in [0, 0.05) is 13.1 Å². The minimum absolute atomic E-state index is 0.112. The highest BCUT2D eigenvalue weighted by molar-refractivity contribution is 5.78. The Morgan fingerprint density at radius 1 is 1.10 bits per heavy atom. The van der Waals surface area contributed by atoms with Gasteiger partial charge < -0.3 is 14.4 Å². The SMILES string of the molecule is O=C(COc1ccc(OC(F)(F)F)cc1)N1CCCC1. The molecule has 4 nitrogen and oxygen atoms in total. The number of alkyl halides is 3. The van der Waals surface area contributed by atoms with Crippen LogP contribution in [-0.4, -0.2) is 36.9 Å². The van der Waals surface area contributed by atoms with Crippen molar-refractivity contribution in [2.45, 2.75) is 19.2 Å². The molecule has 0 aliphatic carbocycles. The van der Waals surface area contributed by atoms with Crippen LogP contribution in [-0.2, 0) is 4.79 Å². The van der Waals surface area contributed by atoms with Crippen LogP contribution >= 0.6 is 0 Å². The third-order valence-corrected chi connectivity index (χ3v) is 2.88. The van der Waals surface area contributed by atoms with Crippen LogP contribution in [0.4, 0.5) is 13.2 Å². The van der Waals surface area contributed by atoms with E-state index in [0.29, 0.717) is 5.75 Å².